The predicted octanol–water partition coefficient (Wildman–Crippen LogP) is 3.12. The maximum Gasteiger partial charge on any atom is 0.252 e. The Morgan fingerprint density at radius 2 is 2.00 bits per heavy atom. The average Bonchev–Trinajstić information content (AvgIpc) is 2.63. The minimum Gasteiger partial charge on any atom is -0.453 e. The van der Waals surface area contributed by atoms with Crippen molar-refractivity contribution in [2.45, 2.75) is 6.54 Å². The number of hydrogen-bond donors (Lipinski definition) is 2. The molecule has 6 nitrogen and oxygen atoms in total. The highest BCUT2D eigenvalue weighted by Crippen LogP contribution is 2.25. The highest BCUT2D eigenvalue weighted by molar-refractivity contribution is 5.98. The van der Waals surface area contributed by atoms with Gasteiger partial charge < -0.3 is 15.8 Å². The number of nitrogens with one attached hydrogen (secondary N) is 1. The second kappa shape index (κ2) is 7.39. The molecule has 3 N–H and O–H groups in total. The topological polar surface area (TPSA) is 90.1 Å². The average molecular weight is 338 g/mol. The molecular weight excluding hydrogens is 323 g/mol. The number of benzene rings is 1. The van der Waals surface area contributed by atoms with E-state index in [0.29, 0.717) is 23.5 Å². The molecule has 1 amide bonds. The number of nitrogens with two attached hydrogens (primary N) is 1. The van der Waals surface area contributed by atoms with Crippen LogP contribution in [-0.4, -0.2) is 15.9 Å². The van der Waals surface area contributed by atoms with Crippen molar-refractivity contribution in [1.29, 1.82) is 0 Å². The van der Waals surface area contributed by atoms with E-state index < -0.39 is 11.7 Å². The van der Waals surface area contributed by atoms with Crippen LogP contribution in [0.2, 0.25) is 0 Å². The number of aromatic nitrogens is 2. The molecule has 0 bridgehead atoms. The van der Waals surface area contributed by atoms with Crippen molar-refractivity contribution in [2.24, 2.45) is 5.73 Å². The van der Waals surface area contributed by atoms with E-state index in [1.807, 2.05) is 0 Å². The van der Waals surface area contributed by atoms with Crippen LogP contribution in [0.25, 0.3) is 0 Å². The first-order valence-electron chi connectivity index (χ1n) is 7.47. The van der Waals surface area contributed by atoms with Crippen LogP contribution in [0.1, 0.15) is 15.9 Å². The van der Waals surface area contributed by atoms with Crippen LogP contribution in [0.15, 0.2) is 61.2 Å². The molecule has 0 spiro atoms. The van der Waals surface area contributed by atoms with Crippen LogP contribution in [0.5, 0.6) is 11.5 Å². The summed E-state index contributed by atoms with van der Waals surface area (Å²) in [6, 6.07) is 9.67. The van der Waals surface area contributed by atoms with Gasteiger partial charge in [0.05, 0.1) is 17.4 Å². The number of primary amides is 1. The van der Waals surface area contributed by atoms with E-state index in [1.165, 1.54) is 18.5 Å². The summed E-state index contributed by atoms with van der Waals surface area (Å²) in [7, 11) is 0. The number of ether oxygens (including phenoxy) is 1. The smallest absolute Gasteiger partial charge is 0.252 e. The molecule has 0 aliphatic rings. The molecule has 0 aliphatic heterocycles. The van der Waals surface area contributed by atoms with Gasteiger partial charge in [0.1, 0.15) is 5.75 Å². The maximum absolute atomic E-state index is 14.2. The zero-order chi connectivity index (χ0) is 17.6. The van der Waals surface area contributed by atoms with Crippen LogP contribution in [0, 0.1) is 5.82 Å². The van der Waals surface area contributed by atoms with Gasteiger partial charge in [0.25, 0.3) is 5.91 Å². The second-order valence-corrected chi connectivity index (χ2v) is 5.19. The summed E-state index contributed by atoms with van der Waals surface area (Å²) in [5.74, 6) is -0.511. The molecule has 25 heavy (non-hydrogen) atoms. The molecule has 2 heterocycles. The van der Waals surface area contributed by atoms with Crippen LogP contribution in [0.4, 0.5) is 10.1 Å². The minimum absolute atomic E-state index is 0.110. The summed E-state index contributed by atoms with van der Waals surface area (Å²) >= 11 is 0. The Bertz CT molecular complexity index is 887. The van der Waals surface area contributed by atoms with E-state index in [0.717, 1.165) is 0 Å². The fraction of sp³-hybridized carbons (Fsp3) is 0.0556. The number of pyridine rings is 2. The first-order valence-corrected chi connectivity index (χ1v) is 7.47. The Hall–Kier alpha value is -3.48. The summed E-state index contributed by atoms with van der Waals surface area (Å²) in [5.41, 5.74) is 6.80. The van der Waals surface area contributed by atoms with Crippen LogP contribution in [-0.2, 0) is 6.54 Å². The molecule has 0 fully saturated rings. The van der Waals surface area contributed by atoms with Crippen molar-refractivity contribution in [3.8, 4) is 11.5 Å². The van der Waals surface area contributed by atoms with Gasteiger partial charge in [-0.15, -0.1) is 0 Å². The number of carbonyl (C=O) groups excluding carboxylic acids is 1. The highest BCUT2D eigenvalue weighted by Gasteiger charge is 2.09. The van der Waals surface area contributed by atoms with Crippen LogP contribution in [0.3, 0.4) is 0 Å². The molecule has 7 heteroatoms. The van der Waals surface area contributed by atoms with Gasteiger partial charge in [0.2, 0.25) is 0 Å². The number of nitrogens with zero attached hydrogens (tertiary/aromatic N) is 2. The predicted molar refractivity (Wildman–Crippen MR) is 90.8 cm³/mol. The zero-order valence-corrected chi connectivity index (χ0v) is 13.1. The number of amides is 1. The van der Waals surface area contributed by atoms with E-state index in [2.05, 4.69) is 15.3 Å². The standard InChI is InChI=1S/C18H15FN4O2/c19-15-8-12(3-4-17(15)25-13-2-1-6-21-10-13)9-23-16-5-7-22-11-14(16)18(20)24/h1-8,10-11H,9H2,(H2,20,24)(H,22,23). The largest absolute Gasteiger partial charge is 0.453 e. The second-order valence-electron chi connectivity index (χ2n) is 5.19. The van der Waals surface area contributed by atoms with Crippen molar-refractivity contribution in [1.82, 2.24) is 9.97 Å². The van der Waals surface area contributed by atoms with E-state index in [9.17, 15) is 9.18 Å². The van der Waals surface area contributed by atoms with E-state index in [-0.39, 0.29) is 11.3 Å². The molecule has 1 aromatic carbocycles. The zero-order valence-electron chi connectivity index (χ0n) is 13.1. The third-order valence-corrected chi connectivity index (χ3v) is 3.43. The first kappa shape index (κ1) is 16.4. The van der Waals surface area contributed by atoms with Gasteiger partial charge in [-0.2, -0.15) is 0 Å². The summed E-state index contributed by atoms with van der Waals surface area (Å²) < 4.78 is 19.7. The molecule has 2 aromatic heterocycles. The number of carbonyl (C=O) groups is 1. The van der Waals surface area contributed by atoms with Gasteiger partial charge in [-0.3, -0.25) is 14.8 Å². The van der Waals surface area contributed by atoms with E-state index in [4.69, 9.17) is 10.5 Å². The molecule has 0 saturated heterocycles. The fourth-order valence-electron chi connectivity index (χ4n) is 2.21. The lowest BCUT2D eigenvalue weighted by atomic mass is 10.2. The lowest BCUT2D eigenvalue weighted by Gasteiger charge is -2.11. The molecule has 0 saturated carbocycles. The Balaban J connectivity index is 1.70. The van der Waals surface area contributed by atoms with Gasteiger partial charge >= 0.3 is 0 Å². The summed E-state index contributed by atoms with van der Waals surface area (Å²) in [6.45, 7) is 0.314. The number of anilines is 1. The lowest BCUT2D eigenvalue weighted by Crippen LogP contribution is -2.14. The normalized spacial score (nSPS) is 10.3. The molecule has 0 aliphatic carbocycles. The minimum atomic E-state index is -0.581. The third-order valence-electron chi connectivity index (χ3n) is 3.43. The van der Waals surface area contributed by atoms with E-state index >= 15 is 0 Å². The van der Waals surface area contributed by atoms with Gasteiger partial charge in [0, 0.05) is 25.1 Å². The van der Waals surface area contributed by atoms with Crippen molar-refractivity contribution in [2.75, 3.05) is 5.32 Å². The molecular formula is C18H15FN4O2. The summed E-state index contributed by atoms with van der Waals surface area (Å²) in [5, 5.41) is 3.05. The van der Waals surface area contributed by atoms with Gasteiger partial charge in [-0.25, -0.2) is 4.39 Å². The van der Waals surface area contributed by atoms with Crippen molar-refractivity contribution < 1.29 is 13.9 Å². The van der Waals surface area contributed by atoms with Crippen LogP contribution < -0.4 is 15.8 Å². The number of halogens is 1. The SMILES string of the molecule is NC(=O)c1cnccc1NCc1ccc(Oc2cccnc2)c(F)c1. The summed E-state index contributed by atoms with van der Waals surface area (Å²) in [6.07, 6.45) is 6.04. The molecule has 0 radical (unpaired) electrons. The molecule has 3 aromatic rings. The van der Waals surface area contributed by atoms with Gasteiger partial charge in [0.15, 0.2) is 11.6 Å². The van der Waals surface area contributed by atoms with Crippen molar-refractivity contribution in [3.63, 3.8) is 0 Å². The Kier molecular flexibility index (Phi) is 4.84. The van der Waals surface area contributed by atoms with Crippen molar-refractivity contribution >= 4 is 11.6 Å². The summed E-state index contributed by atoms with van der Waals surface area (Å²) in [4.78, 5) is 19.1. The molecule has 0 unspecified atom stereocenters. The Labute approximate surface area is 143 Å². The maximum atomic E-state index is 14.2. The van der Waals surface area contributed by atoms with Gasteiger partial charge in [-0.1, -0.05) is 6.07 Å². The Morgan fingerprint density at radius 3 is 2.72 bits per heavy atom. The fourth-order valence-corrected chi connectivity index (χ4v) is 2.21. The molecule has 126 valence electrons. The van der Waals surface area contributed by atoms with Crippen LogP contribution >= 0.6 is 0 Å². The van der Waals surface area contributed by atoms with Gasteiger partial charge in [-0.05, 0) is 35.9 Å². The highest BCUT2D eigenvalue weighted by atomic mass is 19.1. The number of hydrogen-bond acceptors (Lipinski definition) is 5. The van der Waals surface area contributed by atoms with Crippen molar-refractivity contribution in [3.05, 3.63) is 78.1 Å². The lowest BCUT2D eigenvalue weighted by molar-refractivity contribution is 0.100. The molecule has 3 rings (SSSR count). The third kappa shape index (κ3) is 4.08. The van der Waals surface area contributed by atoms with E-state index in [1.54, 1.807) is 42.7 Å². The molecule has 0 atom stereocenters. The Morgan fingerprint density at radius 1 is 1.16 bits per heavy atom. The first-order chi connectivity index (χ1) is 12.1. The number of rotatable bonds is 6. The quantitative estimate of drug-likeness (QED) is 0.721. The monoisotopic (exact) mass is 338 g/mol.